The first-order chi connectivity index (χ1) is 11.0. The van der Waals surface area contributed by atoms with Gasteiger partial charge in [-0.15, -0.1) is 11.3 Å². The lowest BCUT2D eigenvalue weighted by Gasteiger charge is -2.08. The summed E-state index contributed by atoms with van der Waals surface area (Å²) >= 11 is 13.5. The molecule has 118 valence electrons. The molecule has 0 aliphatic heterocycles. The summed E-state index contributed by atoms with van der Waals surface area (Å²) in [5, 5.41) is 2.42. The summed E-state index contributed by atoms with van der Waals surface area (Å²) in [7, 11) is 0. The Bertz CT molecular complexity index is 828. The molecule has 3 rings (SSSR count). The molecular weight excluding hydrogens is 349 g/mol. The number of aryl methyl sites for hydroxylation is 2. The van der Waals surface area contributed by atoms with E-state index in [-0.39, 0.29) is 0 Å². The Morgan fingerprint density at radius 2 is 1.70 bits per heavy atom. The third-order valence-corrected chi connectivity index (χ3v) is 5.15. The zero-order chi connectivity index (χ0) is 16.4. The molecule has 1 aromatic heterocycles. The van der Waals surface area contributed by atoms with Gasteiger partial charge in [-0.25, -0.2) is 4.98 Å². The lowest BCUT2D eigenvalue weighted by Crippen LogP contribution is -1.96. The smallest absolute Gasteiger partial charge is 0.124 e. The molecule has 2 nitrogen and oxygen atoms in total. The van der Waals surface area contributed by atoms with E-state index in [1.165, 1.54) is 0 Å². The van der Waals surface area contributed by atoms with Crippen LogP contribution in [-0.2, 0) is 6.61 Å². The maximum atomic E-state index is 5.97. The number of aromatic nitrogens is 1. The summed E-state index contributed by atoms with van der Waals surface area (Å²) in [6.07, 6.45) is 0. The lowest BCUT2D eigenvalue weighted by molar-refractivity contribution is 0.306. The van der Waals surface area contributed by atoms with Gasteiger partial charge in [0.25, 0.3) is 0 Å². The van der Waals surface area contributed by atoms with E-state index in [2.05, 4.69) is 4.98 Å². The minimum atomic E-state index is 0.500. The van der Waals surface area contributed by atoms with E-state index in [1.54, 1.807) is 11.3 Å². The minimum Gasteiger partial charge on any atom is -0.488 e. The van der Waals surface area contributed by atoms with Gasteiger partial charge in [0.15, 0.2) is 0 Å². The number of halogens is 2. The van der Waals surface area contributed by atoms with Crippen LogP contribution < -0.4 is 4.74 Å². The van der Waals surface area contributed by atoms with E-state index < -0.39 is 0 Å². The van der Waals surface area contributed by atoms with Crippen LogP contribution in [0, 0.1) is 13.8 Å². The number of nitrogens with zero attached hydrogens (tertiary/aromatic N) is 1. The molecule has 23 heavy (non-hydrogen) atoms. The van der Waals surface area contributed by atoms with Gasteiger partial charge in [0, 0.05) is 15.6 Å². The van der Waals surface area contributed by atoms with Crippen molar-refractivity contribution in [2.24, 2.45) is 0 Å². The zero-order valence-corrected chi connectivity index (χ0v) is 15.1. The van der Waals surface area contributed by atoms with Crippen molar-refractivity contribution >= 4 is 34.5 Å². The molecule has 0 fully saturated rings. The highest BCUT2D eigenvalue weighted by molar-refractivity contribution is 7.15. The summed E-state index contributed by atoms with van der Waals surface area (Å²) in [6.45, 7) is 4.49. The van der Waals surface area contributed by atoms with Gasteiger partial charge in [-0.05, 0) is 49.7 Å². The van der Waals surface area contributed by atoms with Gasteiger partial charge in [-0.3, -0.25) is 0 Å². The van der Waals surface area contributed by atoms with E-state index in [1.807, 2.05) is 56.3 Å². The second-order valence-electron chi connectivity index (χ2n) is 5.23. The first kappa shape index (κ1) is 16.3. The van der Waals surface area contributed by atoms with Crippen LogP contribution in [0.25, 0.3) is 10.6 Å². The fraction of sp³-hybridized carbons (Fsp3) is 0.167. The molecule has 5 heteroatoms. The minimum absolute atomic E-state index is 0.500. The molecule has 3 aromatic rings. The topological polar surface area (TPSA) is 22.1 Å². The third kappa shape index (κ3) is 3.86. The Hall–Kier alpha value is -1.55. The molecule has 0 radical (unpaired) electrons. The van der Waals surface area contributed by atoms with Gasteiger partial charge in [-0.2, -0.15) is 0 Å². The molecule has 1 heterocycles. The van der Waals surface area contributed by atoms with Crippen molar-refractivity contribution in [1.82, 2.24) is 4.98 Å². The van der Waals surface area contributed by atoms with E-state index in [4.69, 9.17) is 27.9 Å². The monoisotopic (exact) mass is 363 g/mol. The summed E-state index contributed by atoms with van der Waals surface area (Å²) in [4.78, 5) is 5.75. The van der Waals surface area contributed by atoms with Gasteiger partial charge in [0.2, 0.25) is 0 Å². The molecule has 0 spiro atoms. The summed E-state index contributed by atoms with van der Waals surface area (Å²) in [5.74, 6) is 0.843. The van der Waals surface area contributed by atoms with Crippen LogP contribution in [-0.4, -0.2) is 4.98 Å². The average molecular weight is 364 g/mol. The molecular formula is C18H15Cl2NOS. The highest BCUT2D eigenvalue weighted by Crippen LogP contribution is 2.30. The number of thiazole rings is 1. The number of rotatable bonds is 4. The van der Waals surface area contributed by atoms with Crippen molar-refractivity contribution in [2.45, 2.75) is 20.5 Å². The van der Waals surface area contributed by atoms with Crippen LogP contribution in [0.15, 0.2) is 42.5 Å². The van der Waals surface area contributed by atoms with Crippen molar-refractivity contribution in [3.63, 3.8) is 0 Å². The van der Waals surface area contributed by atoms with Gasteiger partial charge in [0.05, 0.1) is 10.6 Å². The molecule has 0 aliphatic rings. The normalized spacial score (nSPS) is 10.8. The van der Waals surface area contributed by atoms with Gasteiger partial charge in [0.1, 0.15) is 17.4 Å². The molecule has 0 amide bonds. The van der Waals surface area contributed by atoms with Crippen LogP contribution >= 0.6 is 34.5 Å². The van der Waals surface area contributed by atoms with Crippen LogP contribution in [0.3, 0.4) is 0 Å². The predicted molar refractivity (Wildman–Crippen MR) is 97.8 cm³/mol. The van der Waals surface area contributed by atoms with Gasteiger partial charge in [-0.1, -0.05) is 35.3 Å². The van der Waals surface area contributed by atoms with E-state index in [0.29, 0.717) is 11.6 Å². The molecule has 0 N–H and O–H groups in total. The highest BCUT2D eigenvalue weighted by atomic mass is 35.5. The van der Waals surface area contributed by atoms with Crippen LogP contribution in [0.4, 0.5) is 0 Å². The SMILES string of the molecule is Cc1cc(Cl)ccc1OCc1sc(-c2ccc(Cl)cc2)nc1C. The first-order valence-electron chi connectivity index (χ1n) is 7.14. The summed E-state index contributed by atoms with van der Waals surface area (Å²) in [5.41, 5.74) is 3.08. The lowest BCUT2D eigenvalue weighted by atomic mass is 10.2. The standard InChI is InChI=1S/C18H15Cl2NOS/c1-11-9-15(20)7-8-16(11)22-10-17-12(2)21-18(23-17)13-3-5-14(19)6-4-13/h3-9H,10H2,1-2H3. The Morgan fingerprint density at radius 1 is 1.00 bits per heavy atom. The second kappa shape index (κ2) is 6.91. The number of ether oxygens (including phenoxy) is 1. The fourth-order valence-corrected chi connectivity index (χ4v) is 3.53. The Morgan fingerprint density at radius 3 is 2.39 bits per heavy atom. The second-order valence-corrected chi connectivity index (χ2v) is 7.19. The number of benzene rings is 2. The van der Waals surface area contributed by atoms with Crippen molar-refractivity contribution in [3.05, 3.63) is 68.6 Å². The van der Waals surface area contributed by atoms with E-state index in [0.717, 1.165) is 37.5 Å². The molecule has 0 saturated heterocycles. The van der Waals surface area contributed by atoms with Crippen molar-refractivity contribution in [3.8, 4) is 16.3 Å². The largest absolute Gasteiger partial charge is 0.488 e. The van der Waals surface area contributed by atoms with Gasteiger partial charge < -0.3 is 4.74 Å². The molecule has 0 saturated carbocycles. The van der Waals surface area contributed by atoms with Gasteiger partial charge >= 0.3 is 0 Å². The maximum absolute atomic E-state index is 5.97. The summed E-state index contributed by atoms with van der Waals surface area (Å²) in [6, 6.07) is 13.3. The third-order valence-electron chi connectivity index (χ3n) is 3.48. The van der Waals surface area contributed by atoms with Crippen molar-refractivity contribution in [2.75, 3.05) is 0 Å². The molecule has 0 unspecified atom stereocenters. The molecule has 0 aliphatic carbocycles. The van der Waals surface area contributed by atoms with Crippen LogP contribution in [0.5, 0.6) is 5.75 Å². The number of hydrogen-bond acceptors (Lipinski definition) is 3. The van der Waals surface area contributed by atoms with E-state index in [9.17, 15) is 0 Å². The number of hydrogen-bond donors (Lipinski definition) is 0. The maximum Gasteiger partial charge on any atom is 0.124 e. The average Bonchev–Trinajstić information content (AvgIpc) is 2.88. The molecule has 0 atom stereocenters. The summed E-state index contributed by atoms with van der Waals surface area (Å²) < 4.78 is 5.92. The fourth-order valence-electron chi connectivity index (χ4n) is 2.20. The van der Waals surface area contributed by atoms with Crippen LogP contribution in [0.2, 0.25) is 10.0 Å². The van der Waals surface area contributed by atoms with Crippen molar-refractivity contribution < 1.29 is 4.74 Å². The Kier molecular flexibility index (Phi) is 4.90. The molecule has 0 bridgehead atoms. The quantitative estimate of drug-likeness (QED) is 0.541. The van der Waals surface area contributed by atoms with Crippen LogP contribution in [0.1, 0.15) is 16.1 Å². The Labute approximate surface area is 149 Å². The Balaban J connectivity index is 1.77. The zero-order valence-electron chi connectivity index (χ0n) is 12.8. The highest BCUT2D eigenvalue weighted by Gasteiger charge is 2.11. The predicted octanol–water partition coefficient (Wildman–Crippen LogP) is 6.31. The van der Waals surface area contributed by atoms with E-state index >= 15 is 0 Å². The molecule has 2 aromatic carbocycles. The van der Waals surface area contributed by atoms with Crippen molar-refractivity contribution in [1.29, 1.82) is 0 Å². The first-order valence-corrected chi connectivity index (χ1v) is 8.71.